The van der Waals surface area contributed by atoms with Crippen LogP contribution in [0.1, 0.15) is 52.4 Å². The Labute approximate surface area is 457 Å². The van der Waals surface area contributed by atoms with Gasteiger partial charge >= 0.3 is 0 Å². The monoisotopic (exact) mass is 1130 g/mol. The molecule has 0 aliphatic heterocycles. The standard InChI is InChI=1S/C64H44N6O.Pt/c1-64(2,3)42-35-36-65-60(37-42)70-56-30-15-10-25-48(56)51-34-33-47(39-59(51)70)71-46-24-18-23-45(38-46)66-41-67(58-32-17-16-31-57(58)66)63-61-52(49-26-11-13-28-54(49)68(61)43-19-6-4-7-20-43)40-53-50-27-12-14-29-55(50)69(62(53)63)44-21-8-5-9-22-44;/h4-37,40H,1-3H3;/q-2;/i4D,5D,6D,7D,8D,9D,11D,12D,13D,14D,19D,20D,21D,22D,26D,27D,28D,29D,40D;. The number of imidazole rings is 1. The molecule has 0 fully saturated rings. The fourth-order valence-corrected chi connectivity index (χ4v) is 9.62. The number of hydrogen-bond acceptors (Lipinski definition) is 2. The van der Waals surface area contributed by atoms with E-state index in [9.17, 15) is 12.3 Å². The number of hydrogen-bond donors (Lipinski definition) is 0. The number of rotatable bonds is 7. The predicted molar refractivity (Wildman–Crippen MR) is 287 cm³/mol. The van der Waals surface area contributed by atoms with Gasteiger partial charge in [-0.3, -0.25) is 4.57 Å². The van der Waals surface area contributed by atoms with Crippen LogP contribution in [-0.4, -0.2) is 23.3 Å². The summed E-state index contributed by atoms with van der Waals surface area (Å²) in [7, 11) is 0. The van der Waals surface area contributed by atoms with Crippen LogP contribution >= 0.6 is 0 Å². The largest absolute Gasteiger partial charge is 0.510 e. The van der Waals surface area contributed by atoms with E-state index in [0.717, 1.165) is 31.0 Å². The Bertz CT molecular complexity index is 5350. The van der Waals surface area contributed by atoms with Crippen molar-refractivity contribution < 1.29 is 56.4 Å². The third kappa shape index (κ3) is 6.76. The molecule has 0 aliphatic rings. The van der Waals surface area contributed by atoms with Crippen LogP contribution in [0.2, 0.25) is 0 Å². The van der Waals surface area contributed by atoms with Gasteiger partial charge in [0.2, 0.25) is 0 Å². The van der Waals surface area contributed by atoms with Crippen LogP contribution in [0.15, 0.2) is 212 Å². The zero-order valence-electron chi connectivity index (χ0n) is 57.1. The van der Waals surface area contributed by atoms with E-state index >= 15 is 0 Å². The first-order valence-corrected chi connectivity index (χ1v) is 22.5. The minimum absolute atomic E-state index is 0. The molecule has 5 heterocycles. The van der Waals surface area contributed by atoms with Crippen LogP contribution in [0.4, 0.5) is 0 Å². The van der Waals surface area contributed by atoms with Gasteiger partial charge in [0.15, 0.2) is 0 Å². The molecule has 5 aromatic heterocycles. The Kier molecular flexibility index (Phi) is 6.49. The molecule has 0 spiro atoms. The van der Waals surface area contributed by atoms with Crippen molar-refractivity contribution in [2.45, 2.75) is 26.2 Å². The molecule has 0 N–H and O–H groups in total. The predicted octanol–water partition coefficient (Wildman–Crippen LogP) is 15.1. The molecule has 7 nitrogen and oxygen atoms in total. The molecule has 72 heavy (non-hydrogen) atoms. The van der Waals surface area contributed by atoms with Crippen LogP contribution in [0.25, 0.3) is 105 Å². The molecule has 0 saturated heterocycles. The maximum atomic E-state index is 10.4. The maximum absolute atomic E-state index is 10.4. The zero-order chi connectivity index (χ0) is 63.9. The molecule has 14 aromatic rings. The molecular formula is C64H44N6OPt-2. The van der Waals surface area contributed by atoms with Gasteiger partial charge in [-0.25, -0.2) is 4.98 Å². The summed E-state index contributed by atoms with van der Waals surface area (Å²) in [5, 5.41) is 0.355. The molecule has 0 unspecified atom stereocenters. The molecule has 0 amide bonds. The summed E-state index contributed by atoms with van der Waals surface area (Å²) in [6.07, 6.45) is 5.16. The number of fused-ring (bicyclic) bond motifs is 10. The second kappa shape index (κ2) is 16.8. The molecule has 14 rings (SSSR count). The molecule has 0 saturated carbocycles. The second-order valence-electron chi connectivity index (χ2n) is 17.8. The van der Waals surface area contributed by atoms with Gasteiger partial charge in [-0.05, 0) is 82.5 Å². The van der Waals surface area contributed by atoms with Gasteiger partial charge < -0.3 is 23.0 Å². The number of para-hydroxylation sites is 7. The van der Waals surface area contributed by atoms with Crippen molar-refractivity contribution in [3.05, 3.63) is 236 Å². The van der Waals surface area contributed by atoms with Gasteiger partial charge in [0.25, 0.3) is 6.33 Å². The summed E-state index contributed by atoms with van der Waals surface area (Å²) in [6, 6.07) is 19.2. The molecule has 8 heteroatoms. The first kappa shape index (κ1) is 27.8. The van der Waals surface area contributed by atoms with Crippen LogP contribution in [0.5, 0.6) is 11.5 Å². The van der Waals surface area contributed by atoms with E-state index in [-0.39, 0.29) is 70.9 Å². The van der Waals surface area contributed by atoms with Crippen molar-refractivity contribution in [2.75, 3.05) is 0 Å². The van der Waals surface area contributed by atoms with Crippen molar-refractivity contribution in [3.63, 3.8) is 0 Å². The summed E-state index contributed by atoms with van der Waals surface area (Å²) < 4.78 is 189. The average Bonchev–Trinajstić information content (AvgIpc) is 1.51. The van der Waals surface area contributed by atoms with Crippen LogP contribution in [0, 0.1) is 18.5 Å². The smallest absolute Gasteiger partial charge is 0.268 e. The van der Waals surface area contributed by atoms with Gasteiger partial charge in [-0.1, -0.05) is 141 Å². The Morgan fingerprint density at radius 3 is 1.83 bits per heavy atom. The SMILES string of the molecule is [2H]c1c([2H])c([2H])c(-n2c3c([2H])c([2H])c([2H])c([2H])c3c3c([2H])c4c5c([2H])c([2H])c([2H])c([2H])c5n(-c5c([2H])c([2H])c([2H])c([2H])c5[2H])c4c(-[n+]4[c-]n(-c5[c-]c(Oc6[c-]c7c(cc6)c6ccccc6n7-c6cc(C(C)(C)C)ccn6)ccc5)c5ccccc54)c32)c([2H])c1[2H].[Pt]. The maximum Gasteiger partial charge on any atom is 0.268 e. The normalized spacial score (nSPS) is 15.7. The second-order valence-corrected chi connectivity index (χ2v) is 17.8. The number of benzene rings is 9. The summed E-state index contributed by atoms with van der Waals surface area (Å²) in [6.45, 7) is 6.39. The third-order valence-corrected chi connectivity index (χ3v) is 12.7. The fraction of sp³-hybridized carbons (Fsp3) is 0.0625. The van der Waals surface area contributed by atoms with E-state index in [4.69, 9.17) is 23.4 Å². The van der Waals surface area contributed by atoms with Crippen LogP contribution in [0.3, 0.4) is 0 Å². The van der Waals surface area contributed by atoms with Crippen molar-refractivity contribution in [1.82, 2.24) is 23.3 Å². The molecule has 0 atom stereocenters. The third-order valence-electron chi connectivity index (χ3n) is 12.7. The first-order valence-electron chi connectivity index (χ1n) is 32.0. The Morgan fingerprint density at radius 2 is 1.15 bits per heavy atom. The van der Waals surface area contributed by atoms with Crippen LogP contribution in [-0.2, 0) is 26.5 Å². The zero-order valence-corrected chi connectivity index (χ0v) is 40.4. The minimum atomic E-state index is -0.845. The Morgan fingerprint density at radius 1 is 0.542 bits per heavy atom. The first-order chi connectivity index (χ1) is 42.8. The van der Waals surface area contributed by atoms with E-state index in [0.29, 0.717) is 22.6 Å². The van der Waals surface area contributed by atoms with E-state index in [1.165, 1.54) is 4.57 Å². The van der Waals surface area contributed by atoms with Crippen molar-refractivity contribution in [2.24, 2.45) is 0 Å². The molecule has 0 bridgehead atoms. The fourth-order valence-electron chi connectivity index (χ4n) is 9.62. The molecule has 348 valence electrons. The number of pyridine rings is 1. The van der Waals surface area contributed by atoms with E-state index in [2.05, 4.69) is 45.3 Å². The summed E-state index contributed by atoms with van der Waals surface area (Å²) >= 11 is 0. The minimum Gasteiger partial charge on any atom is -0.510 e. The van der Waals surface area contributed by atoms with Gasteiger partial charge in [-0.15, -0.1) is 29.7 Å². The van der Waals surface area contributed by atoms with Gasteiger partial charge in [0.05, 0.1) is 59.1 Å². The molecule has 9 aromatic carbocycles. The van der Waals surface area contributed by atoms with Crippen molar-refractivity contribution >= 4 is 76.5 Å². The molecule has 0 aliphatic carbocycles. The van der Waals surface area contributed by atoms with E-state index in [1.807, 2.05) is 41.0 Å². The van der Waals surface area contributed by atoms with Gasteiger partial charge in [-0.2, -0.15) is 18.2 Å². The average molecular weight is 1130 g/mol. The molecular weight excluding hydrogens is 1060 g/mol. The number of ether oxygens (including phenoxy) is 1. The number of aromatic nitrogens is 6. The van der Waals surface area contributed by atoms with Crippen LogP contribution < -0.4 is 9.30 Å². The Hall–Kier alpha value is -8.51. The Balaban J connectivity index is 0.00000758. The topological polar surface area (TPSA) is 45.7 Å². The van der Waals surface area contributed by atoms with Gasteiger partial charge in [0, 0.05) is 77.2 Å². The number of nitrogens with zero attached hydrogens (tertiary/aromatic N) is 6. The van der Waals surface area contributed by atoms with Gasteiger partial charge in [0.1, 0.15) is 11.5 Å². The van der Waals surface area contributed by atoms with Crippen molar-refractivity contribution in [1.29, 1.82) is 0 Å². The summed E-state index contributed by atoms with van der Waals surface area (Å²) in [5.74, 6) is 1.19. The summed E-state index contributed by atoms with van der Waals surface area (Å²) in [5.41, 5.74) is 0.0922. The van der Waals surface area contributed by atoms with E-state index < -0.39 is 148 Å². The molecule has 0 radical (unpaired) electrons. The quantitative estimate of drug-likeness (QED) is 0.118. The van der Waals surface area contributed by atoms with Crippen molar-refractivity contribution in [3.8, 4) is 40.1 Å². The van der Waals surface area contributed by atoms with E-state index in [1.54, 1.807) is 59.3 Å². The summed E-state index contributed by atoms with van der Waals surface area (Å²) in [4.78, 5) is 4.80.